The number of phenolic OH excluding ortho intramolecular Hbond substituents is 2. The van der Waals surface area contributed by atoms with Crippen LogP contribution < -0.4 is 9.47 Å². The van der Waals surface area contributed by atoms with Gasteiger partial charge in [0.2, 0.25) is 0 Å². The molecular weight excluding hydrogens is 492 g/mol. The molecule has 0 aliphatic carbocycles. The topological polar surface area (TPSA) is 123 Å². The third-order valence-corrected chi connectivity index (χ3v) is 4.74. The minimum absolute atomic E-state index is 0.0903. The van der Waals surface area contributed by atoms with E-state index in [0.717, 1.165) is 12.1 Å². The molecule has 0 aliphatic rings. The zero-order chi connectivity index (χ0) is 20.7. The fourth-order valence-electron chi connectivity index (χ4n) is 1.82. The van der Waals surface area contributed by atoms with Gasteiger partial charge in [-0.15, -0.1) is 0 Å². The van der Waals surface area contributed by atoms with Crippen LogP contribution in [0.3, 0.4) is 0 Å². The van der Waals surface area contributed by atoms with Gasteiger partial charge in [0.15, 0.2) is 0 Å². The Balaban J connectivity index is 0.000000277. The molecule has 146 valence electrons. The zero-order valence-electron chi connectivity index (χ0n) is 14.4. The molecule has 2 rings (SSSR count). The number of aromatic hydroxyl groups is 2. The number of hydrogen-bond donors (Lipinski definition) is 3. The number of carboxylic acid groups (broad SMARTS) is 1. The quantitative estimate of drug-likeness (QED) is 0.534. The molecular formula is C17H16Br2O8. The van der Waals surface area contributed by atoms with Gasteiger partial charge >= 0.3 is 11.9 Å². The van der Waals surface area contributed by atoms with Gasteiger partial charge in [-0.1, -0.05) is 0 Å². The Morgan fingerprint density at radius 1 is 0.815 bits per heavy atom. The number of halogens is 2. The van der Waals surface area contributed by atoms with Crippen LogP contribution in [-0.4, -0.2) is 48.6 Å². The molecule has 0 radical (unpaired) electrons. The Morgan fingerprint density at radius 3 is 1.59 bits per heavy atom. The molecule has 0 heterocycles. The average molecular weight is 508 g/mol. The van der Waals surface area contributed by atoms with E-state index in [2.05, 4.69) is 36.6 Å². The number of methoxy groups -OCH3 is 3. The number of phenols is 2. The highest BCUT2D eigenvalue weighted by Crippen LogP contribution is 2.36. The summed E-state index contributed by atoms with van der Waals surface area (Å²) in [6, 6.07) is 5.26. The van der Waals surface area contributed by atoms with Crippen LogP contribution in [0, 0.1) is 0 Å². The lowest BCUT2D eigenvalue weighted by Crippen LogP contribution is -2.02. The number of benzene rings is 2. The number of carboxylic acids is 1. The molecule has 0 saturated carbocycles. The summed E-state index contributed by atoms with van der Waals surface area (Å²) in [4.78, 5) is 21.7. The van der Waals surface area contributed by atoms with Crippen molar-refractivity contribution in [1.29, 1.82) is 0 Å². The van der Waals surface area contributed by atoms with Gasteiger partial charge in [0.25, 0.3) is 0 Å². The average Bonchev–Trinajstić information content (AvgIpc) is 2.65. The van der Waals surface area contributed by atoms with Crippen molar-refractivity contribution in [3.63, 3.8) is 0 Å². The highest BCUT2D eigenvalue weighted by Gasteiger charge is 2.14. The monoisotopic (exact) mass is 506 g/mol. The van der Waals surface area contributed by atoms with Gasteiger partial charge in [-0.05, 0) is 56.1 Å². The summed E-state index contributed by atoms with van der Waals surface area (Å²) in [5.74, 6) is -1.18. The smallest absolute Gasteiger partial charge is 0.338 e. The van der Waals surface area contributed by atoms with E-state index in [1.54, 1.807) is 12.1 Å². The molecule has 0 atom stereocenters. The van der Waals surface area contributed by atoms with Gasteiger partial charge in [-0.25, -0.2) is 9.59 Å². The Morgan fingerprint density at radius 2 is 1.26 bits per heavy atom. The molecule has 0 amide bonds. The lowest BCUT2D eigenvalue weighted by atomic mass is 10.2. The first-order valence-corrected chi connectivity index (χ1v) is 8.69. The van der Waals surface area contributed by atoms with Crippen molar-refractivity contribution in [1.82, 2.24) is 0 Å². The third kappa shape index (κ3) is 5.76. The number of carbonyl (C=O) groups excluding carboxylic acids is 1. The molecule has 2 aromatic rings. The first-order chi connectivity index (χ1) is 12.7. The molecule has 0 saturated heterocycles. The Labute approximate surface area is 171 Å². The fraction of sp³-hybridized carbons (Fsp3) is 0.176. The normalized spacial score (nSPS) is 9.67. The molecule has 0 aromatic heterocycles. The van der Waals surface area contributed by atoms with Crippen LogP contribution in [0.15, 0.2) is 33.2 Å². The van der Waals surface area contributed by atoms with Crippen LogP contribution >= 0.6 is 31.9 Å². The minimum Gasteiger partial charge on any atom is -0.507 e. The number of rotatable bonds is 4. The summed E-state index contributed by atoms with van der Waals surface area (Å²) >= 11 is 6.17. The second-order valence-corrected chi connectivity index (χ2v) is 6.41. The number of esters is 1. The second kappa shape index (κ2) is 10.0. The van der Waals surface area contributed by atoms with E-state index in [1.165, 1.54) is 21.3 Å². The van der Waals surface area contributed by atoms with Crippen molar-refractivity contribution in [2.75, 3.05) is 21.3 Å². The highest BCUT2D eigenvalue weighted by atomic mass is 79.9. The molecule has 0 aliphatic heterocycles. The highest BCUT2D eigenvalue weighted by molar-refractivity contribution is 9.11. The molecule has 8 nitrogen and oxygen atoms in total. The van der Waals surface area contributed by atoms with Gasteiger partial charge in [0, 0.05) is 0 Å². The number of hydrogen-bond acceptors (Lipinski definition) is 7. The molecule has 0 spiro atoms. The van der Waals surface area contributed by atoms with E-state index in [4.69, 9.17) is 24.8 Å². The third-order valence-electron chi connectivity index (χ3n) is 3.15. The second-order valence-electron chi connectivity index (χ2n) is 4.82. The number of aromatic carboxylic acids is 1. The first-order valence-electron chi connectivity index (χ1n) is 7.10. The first kappa shape index (κ1) is 22.6. The molecule has 3 N–H and O–H groups in total. The van der Waals surface area contributed by atoms with E-state index in [9.17, 15) is 9.59 Å². The summed E-state index contributed by atoms with van der Waals surface area (Å²) in [5.41, 5.74) is 0.225. The maximum Gasteiger partial charge on any atom is 0.338 e. The zero-order valence-corrected chi connectivity index (χ0v) is 17.6. The fourth-order valence-corrected chi connectivity index (χ4v) is 2.60. The molecule has 27 heavy (non-hydrogen) atoms. The molecule has 10 heteroatoms. The number of carbonyl (C=O) groups is 2. The van der Waals surface area contributed by atoms with Crippen LogP contribution in [0.5, 0.6) is 23.0 Å². The van der Waals surface area contributed by atoms with E-state index in [0.29, 0.717) is 21.5 Å². The van der Waals surface area contributed by atoms with Crippen LogP contribution in [0.1, 0.15) is 20.7 Å². The standard InChI is InChI=1S/C10H11BrO4.C7H5BrO4/c1-13-7-4-6(10(12)15-3)5-8(14-2)9(7)11;8-6-4(9)1-3(7(11)12)2-5(6)10/h4-5H,1-3H3;1-2,9-10H,(H,11,12). The molecule has 0 bridgehead atoms. The van der Waals surface area contributed by atoms with Gasteiger partial charge in [-0.2, -0.15) is 0 Å². The SMILES string of the molecule is COC(=O)c1cc(OC)c(Br)c(OC)c1.O=C(O)c1cc(O)c(Br)c(O)c1. The van der Waals surface area contributed by atoms with E-state index >= 15 is 0 Å². The van der Waals surface area contributed by atoms with Crippen molar-refractivity contribution in [2.24, 2.45) is 0 Å². The van der Waals surface area contributed by atoms with E-state index in [1.807, 2.05) is 0 Å². The lowest BCUT2D eigenvalue weighted by Gasteiger charge is -2.10. The van der Waals surface area contributed by atoms with Crippen LogP contribution in [0.4, 0.5) is 0 Å². The van der Waals surface area contributed by atoms with Crippen LogP contribution in [0.2, 0.25) is 0 Å². The van der Waals surface area contributed by atoms with E-state index in [-0.39, 0.29) is 21.5 Å². The largest absolute Gasteiger partial charge is 0.507 e. The summed E-state index contributed by atoms with van der Waals surface area (Å²) in [6.07, 6.45) is 0. The van der Waals surface area contributed by atoms with Crippen molar-refractivity contribution in [3.05, 3.63) is 44.3 Å². The summed E-state index contributed by atoms with van der Waals surface area (Å²) in [5, 5.41) is 26.6. The van der Waals surface area contributed by atoms with Crippen molar-refractivity contribution in [2.45, 2.75) is 0 Å². The van der Waals surface area contributed by atoms with Crippen LogP contribution in [-0.2, 0) is 4.74 Å². The van der Waals surface area contributed by atoms with Gasteiger partial charge < -0.3 is 29.5 Å². The van der Waals surface area contributed by atoms with Crippen molar-refractivity contribution in [3.8, 4) is 23.0 Å². The van der Waals surface area contributed by atoms with E-state index < -0.39 is 11.9 Å². The maximum atomic E-state index is 11.3. The summed E-state index contributed by atoms with van der Waals surface area (Å²) < 4.78 is 15.5. The molecule has 2 aromatic carbocycles. The van der Waals surface area contributed by atoms with Crippen molar-refractivity contribution < 1.29 is 39.1 Å². The van der Waals surface area contributed by atoms with Gasteiger partial charge in [-0.3, -0.25) is 0 Å². The molecule has 0 unspecified atom stereocenters. The lowest BCUT2D eigenvalue weighted by molar-refractivity contribution is 0.0599. The molecule has 0 fully saturated rings. The number of ether oxygens (including phenoxy) is 3. The van der Waals surface area contributed by atoms with Crippen LogP contribution in [0.25, 0.3) is 0 Å². The predicted octanol–water partition coefficient (Wildman–Crippen LogP) is 3.81. The summed E-state index contributed by atoms with van der Waals surface area (Å²) in [7, 11) is 4.35. The van der Waals surface area contributed by atoms with Gasteiger partial charge in [0.05, 0.1) is 32.5 Å². The Hall–Kier alpha value is -2.46. The minimum atomic E-state index is -1.20. The predicted molar refractivity (Wildman–Crippen MR) is 103 cm³/mol. The Kier molecular flexibility index (Phi) is 8.38. The Bertz CT molecular complexity index is 803. The van der Waals surface area contributed by atoms with Crippen molar-refractivity contribution >= 4 is 43.8 Å². The maximum absolute atomic E-state index is 11.3. The summed E-state index contributed by atoms with van der Waals surface area (Å²) in [6.45, 7) is 0. The van der Waals surface area contributed by atoms with Gasteiger partial charge in [0.1, 0.15) is 31.9 Å².